The minimum absolute atomic E-state index is 0. The van der Waals surface area contributed by atoms with Crippen LogP contribution >= 0.6 is 28.3 Å². The molecule has 0 saturated heterocycles. The van der Waals surface area contributed by atoms with Gasteiger partial charge < -0.3 is 74.8 Å². The maximum Gasteiger partial charge on any atom is 1.00 e. The molecule has 12 rings (SSSR count). The Balaban J connectivity index is 0.000000231. The molecule has 0 aliphatic heterocycles. The van der Waals surface area contributed by atoms with Crippen LogP contribution < -0.4 is 55.7 Å². The van der Waals surface area contributed by atoms with Gasteiger partial charge in [0.05, 0.1) is 55.7 Å². The second-order valence-electron chi connectivity index (χ2n) is 24.8. The molecular formula is C82H84BBrClF3LiN3O15. The predicted octanol–water partition coefficient (Wildman–Crippen LogP) is 13.2. The third-order valence-electron chi connectivity index (χ3n) is 17.4. The van der Waals surface area contributed by atoms with Gasteiger partial charge in [-0.25, -0.2) is 13.2 Å². The Morgan fingerprint density at radius 2 is 0.785 bits per heavy atom. The molecule has 0 spiro atoms. The van der Waals surface area contributed by atoms with Crippen molar-refractivity contribution in [1.29, 1.82) is 0 Å². The van der Waals surface area contributed by atoms with Crippen LogP contribution in [0.15, 0.2) is 182 Å². The van der Waals surface area contributed by atoms with Gasteiger partial charge in [-0.2, -0.15) is 0 Å². The standard InChI is InChI=1S/C28H28FNO4.C26H24FNO4.C21H21BrO4.C7H9BFNO2.ClH.Li.H2O/c1-4-32-26(31)14-22-10-17(2)18(3)11-25(22)34-16-19-12-20-8-9-33-28(20)24(13-19)23-7-5-6-21(15-30)27(23)29;1-15-8-20(12-24(29)30)23(9-16(15)2)32-14-17-10-18-6-7-31-26(18)22(11-17)21-5-3-4-19(13-28)25(21)27;1-4-24-20(23)11-17-7-13(2)14(3)8-19(17)26-12-15-9-16-5-6-25-21(16)18(22)10-15;9-7-5(4-10)2-1-3-6(7)8(11)12;;;/h5-13H,4,14-16,30H2,1-3H3;3-11H,12-14,28H2,1-2H3,(H,29,30);5-10H,4,11-12H2,1-3H3;1-3,11-12H,4,10H2;1H;;1H2/q;;;;;+1;/p-1. The van der Waals surface area contributed by atoms with Gasteiger partial charge in [-0.1, -0.05) is 72.8 Å². The number of aliphatic carboxylic acids is 1. The summed E-state index contributed by atoms with van der Waals surface area (Å²) in [5.74, 6) is -0.969. The number of hydrogen-bond donors (Lipinski definition) is 6. The number of furan rings is 3. The van der Waals surface area contributed by atoms with Gasteiger partial charge in [-0.15, -0.1) is 12.4 Å². The smallest absolute Gasteiger partial charge is 0.870 e. The molecule has 0 aliphatic rings. The molecule has 0 saturated carbocycles. The van der Waals surface area contributed by atoms with E-state index in [9.17, 15) is 23.9 Å². The van der Waals surface area contributed by atoms with E-state index in [-0.39, 0.29) is 123 Å². The fourth-order valence-corrected chi connectivity index (χ4v) is 12.2. The van der Waals surface area contributed by atoms with Crippen LogP contribution in [0.5, 0.6) is 17.2 Å². The van der Waals surface area contributed by atoms with Crippen LogP contribution in [-0.2, 0) is 82.6 Å². The summed E-state index contributed by atoms with van der Waals surface area (Å²) in [7, 11) is -1.78. The Morgan fingerprint density at radius 3 is 1.15 bits per heavy atom. The van der Waals surface area contributed by atoms with Crippen molar-refractivity contribution in [2.24, 2.45) is 17.2 Å². The molecule has 0 atom stereocenters. The first-order valence-corrected chi connectivity index (χ1v) is 34.4. The summed E-state index contributed by atoms with van der Waals surface area (Å²) in [6.45, 7) is 17.3. The number of nitrogens with two attached hydrogens (primary N) is 3. The summed E-state index contributed by atoms with van der Waals surface area (Å²) in [5, 5.41) is 29.3. The Kier molecular flexibility index (Phi) is 32.6. The first kappa shape index (κ1) is 86.3. The Labute approximate surface area is 645 Å². The van der Waals surface area contributed by atoms with E-state index >= 15 is 8.78 Å². The number of hydrogen-bond acceptors (Lipinski definition) is 17. The van der Waals surface area contributed by atoms with Crippen LogP contribution in [0, 0.1) is 59.0 Å². The number of carbonyl (C=O) groups excluding carboxylic acids is 2. The summed E-state index contributed by atoms with van der Waals surface area (Å²) in [4.78, 5) is 35.3. The van der Waals surface area contributed by atoms with E-state index < -0.39 is 18.9 Å². The zero-order valence-corrected chi connectivity index (χ0v) is 63.3. The second kappa shape index (κ2) is 40.4. The predicted molar refractivity (Wildman–Crippen MR) is 409 cm³/mol. The van der Waals surface area contributed by atoms with Gasteiger partial charge in [0.25, 0.3) is 0 Å². The molecule has 556 valence electrons. The van der Waals surface area contributed by atoms with E-state index in [4.69, 9.17) is 64.2 Å². The third kappa shape index (κ3) is 22.0. The number of fused-ring (bicyclic) bond motifs is 3. The summed E-state index contributed by atoms with van der Waals surface area (Å²) in [6, 6.07) is 43.4. The van der Waals surface area contributed by atoms with E-state index in [0.717, 1.165) is 87.4 Å². The Hall–Kier alpha value is -9.61. The van der Waals surface area contributed by atoms with E-state index in [1.807, 2.05) is 133 Å². The Morgan fingerprint density at radius 1 is 0.449 bits per heavy atom. The fraction of sp³-hybridized carbons (Fsp3) is 0.232. The summed E-state index contributed by atoms with van der Waals surface area (Å²) in [6.07, 6.45) is 5.03. The molecule has 0 unspecified atom stereocenters. The van der Waals surface area contributed by atoms with Crippen LogP contribution in [0.4, 0.5) is 13.2 Å². The number of carbonyl (C=O) groups is 3. The summed E-state index contributed by atoms with van der Waals surface area (Å²) < 4.78 is 89.4. The number of ether oxygens (including phenoxy) is 5. The molecule has 0 radical (unpaired) electrons. The van der Waals surface area contributed by atoms with Crippen molar-refractivity contribution in [1.82, 2.24) is 0 Å². The van der Waals surface area contributed by atoms with Crippen molar-refractivity contribution in [2.45, 2.75) is 114 Å². The zero-order chi connectivity index (χ0) is 74.9. The summed E-state index contributed by atoms with van der Waals surface area (Å²) in [5.41, 5.74) is 33.0. The van der Waals surface area contributed by atoms with E-state index in [2.05, 4.69) is 15.9 Å². The average Bonchev–Trinajstić information content (AvgIpc) is 1.71. The monoisotopic (exact) mass is 1540 g/mol. The number of carboxylic acid groups (broad SMARTS) is 1. The van der Waals surface area contributed by atoms with Crippen molar-refractivity contribution in [2.75, 3.05) is 13.2 Å². The molecule has 0 bridgehead atoms. The molecule has 9 aromatic carbocycles. The molecule has 25 heteroatoms. The number of carboxylic acids is 1. The number of halogens is 5. The fourth-order valence-electron chi connectivity index (χ4n) is 11.6. The molecule has 0 aliphatic carbocycles. The van der Waals surface area contributed by atoms with Crippen molar-refractivity contribution < 1.29 is 104 Å². The van der Waals surface area contributed by atoms with Gasteiger partial charge in [-0.3, -0.25) is 14.4 Å². The van der Waals surface area contributed by atoms with Gasteiger partial charge in [0, 0.05) is 96.9 Å². The number of benzene rings is 9. The molecule has 18 nitrogen and oxygen atoms in total. The van der Waals surface area contributed by atoms with Crippen molar-refractivity contribution in [3.05, 3.63) is 270 Å². The van der Waals surface area contributed by atoms with Crippen LogP contribution in [0.2, 0.25) is 0 Å². The normalized spacial score (nSPS) is 10.6. The van der Waals surface area contributed by atoms with Gasteiger partial charge in [0.2, 0.25) is 0 Å². The Bertz CT molecular complexity index is 5070. The zero-order valence-electron chi connectivity index (χ0n) is 60.9. The van der Waals surface area contributed by atoms with Crippen molar-refractivity contribution in [3.63, 3.8) is 0 Å². The quantitative estimate of drug-likeness (QED) is 0.0256. The maximum atomic E-state index is 15.1. The van der Waals surface area contributed by atoms with Crippen LogP contribution in [-0.4, -0.2) is 58.9 Å². The molecule has 3 aromatic heterocycles. The van der Waals surface area contributed by atoms with E-state index in [1.165, 1.54) is 18.2 Å². The van der Waals surface area contributed by atoms with Crippen LogP contribution in [0.3, 0.4) is 0 Å². The first-order chi connectivity index (χ1) is 49.9. The topological polar surface area (TPSA) is 306 Å². The maximum absolute atomic E-state index is 15.1. The van der Waals surface area contributed by atoms with Gasteiger partial charge in [-0.05, 0) is 194 Å². The number of aryl methyl sites for hydroxylation is 6. The summed E-state index contributed by atoms with van der Waals surface area (Å²) >= 11 is 3.53. The third-order valence-corrected chi connectivity index (χ3v) is 18.0. The molecule has 3 heterocycles. The number of rotatable bonds is 23. The van der Waals surface area contributed by atoms with Gasteiger partial charge in [0.1, 0.15) is 71.3 Å². The SMILES string of the molecule is CCOC(=O)Cc1cc(C)c(C)cc1OCc1cc(-c2cccc(CN)c2F)c2occc2c1.CCOC(=O)Cc1cc(C)c(C)cc1OCc1cc(Br)c2occc2c1.Cc1cc(CC(=O)O)c(OCc2cc(-c3cccc(CN)c3F)c3occc3c2)cc1C.Cl.NCc1cccc(B(O)O)c1F.[Li+].[OH-]. The van der Waals surface area contributed by atoms with E-state index in [0.29, 0.717) is 87.2 Å². The van der Waals surface area contributed by atoms with Gasteiger partial charge in [0.15, 0.2) is 0 Å². The molecule has 107 heavy (non-hydrogen) atoms. The van der Waals surface area contributed by atoms with Crippen molar-refractivity contribution >= 4 is 91.7 Å². The van der Waals surface area contributed by atoms with Crippen molar-refractivity contribution in [3.8, 4) is 39.5 Å². The molecular weight excluding hydrogens is 1460 g/mol. The molecule has 0 amide bonds. The largest absolute Gasteiger partial charge is 1.00 e. The molecule has 0 fully saturated rings. The first-order valence-electron chi connectivity index (χ1n) is 33.6. The molecule has 12 aromatic rings. The average molecular weight is 1540 g/mol. The van der Waals surface area contributed by atoms with Gasteiger partial charge >= 0.3 is 43.9 Å². The van der Waals surface area contributed by atoms with Crippen LogP contribution in [0.25, 0.3) is 55.2 Å². The number of esters is 2. The van der Waals surface area contributed by atoms with E-state index in [1.54, 1.807) is 69.0 Å². The second-order valence-corrected chi connectivity index (χ2v) is 25.6. The molecule has 10 N–H and O–H groups in total. The van der Waals surface area contributed by atoms with Crippen LogP contribution in [0.1, 0.15) is 97.3 Å². The minimum Gasteiger partial charge on any atom is -0.870 e. The minimum atomic E-state index is -1.78.